The van der Waals surface area contributed by atoms with E-state index in [0.29, 0.717) is 5.41 Å². The number of nitrogens with one attached hydrogen (secondary N) is 1. The molecule has 0 aliphatic carbocycles. The number of fused-ring (bicyclic) bond motifs is 1. The summed E-state index contributed by atoms with van der Waals surface area (Å²) in [7, 11) is 2.15. The number of imidazole rings is 1. The maximum absolute atomic E-state index is 5.32. The Kier molecular flexibility index (Phi) is 3.30. The summed E-state index contributed by atoms with van der Waals surface area (Å²) in [5.74, 6) is 1.04. The van der Waals surface area contributed by atoms with Crippen molar-refractivity contribution in [3.63, 3.8) is 0 Å². The molecule has 2 heterocycles. The highest BCUT2D eigenvalue weighted by atomic mass is 16.5. The molecule has 3 rings (SSSR count). The van der Waals surface area contributed by atoms with Crippen molar-refractivity contribution in [2.45, 2.75) is 27.3 Å². The van der Waals surface area contributed by atoms with Crippen molar-refractivity contribution in [3.8, 4) is 0 Å². The van der Waals surface area contributed by atoms with Gasteiger partial charge in [0.05, 0.1) is 30.8 Å². The van der Waals surface area contributed by atoms with Crippen LogP contribution in [0.5, 0.6) is 0 Å². The molecule has 20 heavy (non-hydrogen) atoms. The third-order valence-corrected chi connectivity index (χ3v) is 4.20. The van der Waals surface area contributed by atoms with Gasteiger partial charge in [-0.15, -0.1) is 0 Å². The van der Waals surface area contributed by atoms with Gasteiger partial charge in [-0.05, 0) is 38.1 Å². The van der Waals surface area contributed by atoms with E-state index >= 15 is 0 Å². The monoisotopic (exact) mass is 273 g/mol. The van der Waals surface area contributed by atoms with Crippen molar-refractivity contribution in [1.29, 1.82) is 0 Å². The lowest BCUT2D eigenvalue weighted by molar-refractivity contribution is -0.113. The zero-order valence-electron chi connectivity index (χ0n) is 12.8. The molecular formula is C16H23N3O. The fraction of sp³-hybridized carbons (Fsp3) is 0.562. The van der Waals surface area contributed by atoms with E-state index in [1.165, 1.54) is 11.1 Å². The van der Waals surface area contributed by atoms with E-state index in [0.717, 1.165) is 43.2 Å². The van der Waals surface area contributed by atoms with Gasteiger partial charge in [0.2, 0.25) is 0 Å². The Morgan fingerprint density at radius 1 is 1.35 bits per heavy atom. The molecule has 1 saturated heterocycles. The number of benzene rings is 1. The predicted octanol–water partition coefficient (Wildman–Crippen LogP) is 2.65. The van der Waals surface area contributed by atoms with Crippen LogP contribution < -0.4 is 0 Å². The van der Waals surface area contributed by atoms with E-state index in [-0.39, 0.29) is 0 Å². The van der Waals surface area contributed by atoms with Gasteiger partial charge >= 0.3 is 0 Å². The highest BCUT2D eigenvalue weighted by Gasteiger charge is 2.34. The van der Waals surface area contributed by atoms with Crippen LogP contribution >= 0.6 is 0 Å². The summed E-state index contributed by atoms with van der Waals surface area (Å²) < 4.78 is 5.32. The molecule has 0 bridgehead atoms. The lowest BCUT2D eigenvalue weighted by atomic mass is 9.88. The Bertz CT molecular complexity index is 628. The van der Waals surface area contributed by atoms with E-state index in [1.807, 2.05) is 0 Å². The van der Waals surface area contributed by atoms with E-state index in [4.69, 9.17) is 9.72 Å². The minimum absolute atomic E-state index is 0.313. The van der Waals surface area contributed by atoms with Crippen LogP contribution in [-0.4, -0.2) is 41.7 Å². The second-order valence-corrected chi connectivity index (χ2v) is 6.56. The second kappa shape index (κ2) is 4.86. The Morgan fingerprint density at radius 2 is 2.10 bits per heavy atom. The van der Waals surface area contributed by atoms with E-state index in [9.17, 15) is 0 Å². The van der Waals surface area contributed by atoms with Gasteiger partial charge in [0.1, 0.15) is 5.82 Å². The highest BCUT2D eigenvalue weighted by Crippen LogP contribution is 2.27. The Balaban J connectivity index is 1.75. The van der Waals surface area contributed by atoms with Crippen LogP contribution in [-0.2, 0) is 11.3 Å². The molecule has 1 fully saturated rings. The number of aromatic amines is 1. The quantitative estimate of drug-likeness (QED) is 0.931. The van der Waals surface area contributed by atoms with Crippen molar-refractivity contribution in [3.05, 3.63) is 29.1 Å². The molecule has 0 spiro atoms. The van der Waals surface area contributed by atoms with Gasteiger partial charge in [0.15, 0.2) is 0 Å². The molecule has 108 valence electrons. The van der Waals surface area contributed by atoms with E-state index < -0.39 is 0 Å². The van der Waals surface area contributed by atoms with Crippen molar-refractivity contribution in [2.24, 2.45) is 5.41 Å². The summed E-state index contributed by atoms with van der Waals surface area (Å²) in [6.45, 7) is 10.2. The number of rotatable bonds is 4. The summed E-state index contributed by atoms with van der Waals surface area (Å²) in [5.41, 5.74) is 5.11. The standard InChI is InChI=1S/C16H23N3O/c1-11-5-6-13-15(12(11)2)18-14(17-13)7-19(4)8-16(3)9-20-10-16/h5-6H,7-10H2,1-4H3,(H,17,18). The maximum Gasteiger partial charge on any atom is 0.121 e. The molecule has 1 aromatic carbocycles. The first-order chi connectivity index (χ1) is 9.47. The fourth-order valence-corrected chi connectivity index (χ4v) is 2.94. The van der Waals surface area contributed by atoms with Gasteiger partial charge in [-0.2, -0.15) is 0 Å². The Labute approximate surface area is 120 Å². The van der Waals surface area contributed by atoms with Crippen LogP contribution in [0.4, 0.5) is 0 Å². The summed E-state index contributed by atoms with van der Waals surface area (Å²) >= 11 is 0. The molecule has 4 heteroatoms. The molecule has 0 saturated carbocycles. The van der Waals surface area contributed by atoms with Crippen LogP contribution in [0.15, 0.2) is 12.1 Å². The van der Waals surface area contributed by atoms with Gasteiger partial charge < -0.3 is 9.72 Å². The zero-order valence-corrected chi connectivity index (χ0v) is 12.8. The number of nitrogens with zero attached hydrogens (tertiary/aromatic N) is 2. The lowest BCUT2D eigenvalue weighted by Crippen LogP contribution is -2.47. The topological polar surface area (TPSA) is 41.2 Å². The van der Waals surface area contributed by atoms with E-state index in [1.54, 1.807) is 0 Å². The molecule has 0 amide bonds. The Morgan fingerprint density at radius 3 is 2.75 bits per heavy atom. The third kappa shape index (κ3) is 2.45. The first-order valence-electron chi connectivity index (χ1n) is 7.18. The molecule has 1 aliphatic rings. The number of hydrogen-bond donors (Lipinski definition) is 1. The van der Waals surface area contributed by atoms with Crippen LogP contribution in [0.25, 0.3) is 11.0 Å². The van der Waals surface area contributed by atoms with Crippen molar-refractivity contribution >= 4 is 11.0 Å². The van der Waals surface area contributed by atoms with Gasteiger partial charge in [-0.25, -0.2) is 4.98 Å². The number of aromatic nitrogens is 2. The summed E-state index contributed by atoms with van der Waals surface area (Å²) in [4.78, 5) is 10.5. The summed E-state index contributed by atoms with van der Waals surface area (Å²) in [6, 6.07) is 4.27. The molecule has 1 N–H and O–H groups in total. The number of aryl methyl sites for hydroxylation is 2. The first-order valence-corrected chi connectivity index (χ1v) is 7.18. The molecule has 0 unspecified atom stereocenters. The molecule has 4 nitrogen and oxygen atoms in total. The highest BCUT2D eigenvalue weighted by molar-refractivity contribution is 5.79. The average Bonchev–Trinajstić information content (AvgIpc) is 2.75. The van der Waals surface area contributed by atoms with Crippen molar-refractivity contribution in [2.75, 3.05) is 26.8 Å². The van der Waals surface area contributed by atoms with Crippen molar-refractivity contribution in [1.82, 2.24) is 14.9 Å². The van der Waals surface area contributed by atoms with Crippen molar-refractivity contribution < 1.29 is 4.74 Å². The first kappa shape index (κ1) is 13.6. The molecule has 0 radical (unpaired) electrons. The Hall–Kier alpha value is -1.39. The smallest absolute Gasteiger partial charge is 0.121 e. The van der Waals surface area contributed by atoms with Gasteiger partial charge in [-0.1, -0.05) is 13.0 Å². The zero-order chi connectivity index (χ0) is 14.3. The maximum atomic E-state index is 5.32. The number of H-pyrrole nitrogens is 1. The minimum Gasteiger partial charge on any atom is -0.380 e. The number of ether oxygens (including phenoxy) is 1. The molecular weight excluding hydrogens is 250 g/mol. The normalized spacial score (nSPS) is 17.6. The largest absolute Gasteiger partial charge is 0.380 e. The van der Waals surface area contributed by atoms with Crippen LogP contribution in [0.3, 0.4) is 0 Å². The summed E-state index contributed by atoms with van der Waals surface area (Å²) in [5, 5.41) is 0. The third-order valence-electron chi connectivity index (χ3n) is 4.20. The lowest BCUT2D eigenvalue weighted by Gasteiger charge is -2.40. The van der Waals surface area contributed by atoms with Crippen LogP contribution in [0.1, 0.15) is 23.9 Å². The average molecular weight is 273 g/mol. The van der Waals surface area contributed by atoms with Crippen LogP contribution in [0.2, 0.25) is 0 Å². The fourth-order valence-electron chi connectivity index (χ4n) is 2.94. The molecule has 0 atom stereocenters. The minimum atomic E-state index is 0.313. The second-order valence-electron chi connectivity index (χ2n) is 6.56. The molecule has 1 aliphatic heterocycles. The van der Waals surface area contributed by atoms with Crippen LogP contribution in [0, 0.1) is 19.3 Å². The SMILES string of the molecule is Cc1ccc2[nH]c(CN(C)CC3(C)COC3)nc2c1C. The molecule has 1 aromatic heterocycles. The van der Waals surface area contributed by atoms with Gasteiger partial charge in [0.25, 0.3) is 0 Å². The van der Waals surface area contributed by atoms with E-state index in [2.05, 4.69) is 49.8 Å². The van der Waals surface area contributed by atoms with Gasteiger partial charge in [0, 0.05) is 12.0 Å². The summed E-state index contributed by atoms with van der Waals surface area (Å²) in [6.07, 6.45) is 0. The molecule has 2 aromatic rings. The predicted molar refractivity (Wildman–Crippen MR) is 80.8 cm³/mol. The van der Waals surface area contributed by atoms with Gasteiger partial charge in [-0.3, -0.25) is 4.90 Å². The number of hydrogen-bond acceptors (Lipinski definition) is 3.